The van der Waals surface area contributed by atoms with E-state index in [0.717, 1.165) is 11.3 Å². The molecule has 156 valence electrons. The topological polar surface area (TPSA) is 103 Å². The monoisotopic (exact) mass is 416 g/mol. The first-order valence-electron chi connectivity index (χ1n) is 9.77. The fourth-order valence-corrected chi connectivity index (χ4v) is 3.74. The Labute approximate surface area is 178 Å². The second-order valence-corrected chi connectivity index (χ2v) is 7.49. The largest absolute Gasteiger partial charge is 0.494 e. The lowest BCUT2D eigenvalue weighted by molar-refractivity contribution is 0.457. The van der Waals surface area contributed by atoms with Crippen molar-refractivity contribution in [3.63, 3.8) is 0 Å². The minimum atomic E-state index is -0.414. The van der Waals surface area contributed by atoms with Gasteiger partial charge in [0.1, 0.15) is 11.9 Å². The Balaban J connectivity index is 1.83. The average molecular weight is 416 g/mol. The minimum Gasteiger partial charge on any atom is -0.494 e. The predicted molar refractivity (Wildman–Crippen MR) is 117 cm³/mol. The quantitative estimate of drug-likeness (QED) is 0.451. The number of aryl methyl sites for hydroxylation is 2. The molecule has 4 aromatic rings. The molecule has 0 radical (unpaired) electrons. The number of benzene rings is 1. The number of nitriles is 1. The number of fused-ring (bicyclic) bond motifs is 1. The van der Waals surface area contributed by atoms with E-state index in [1.807, 2.05) is 19.9 Å². The van der Waals surface area contributed by atoms with Crippen molar-refractivity contribution in [2.45, 2.75) is 33.7 Å². The molecule has 0 fully saturated rings. The Bertz CT molecular complexity index is 1350. The van der Waals surface area contributed by atoms with Crippen molar-refractivity contribution in [2.24, 2.45) is 4.99 Å². The van der Waals surface area contributed by atoms with Crippen molar-refractivity contribution in [3.05, 3.63) is 59.2 Å². The highest BCUT2D eigenvalue weighted by atomic mass is 19.1. The van der Waals surface area contributed by atoms with Crippen LogP contribution in [0.3, 0.4) is 0 Å². The number of halogens is 1. The van der Waals surface area contributed by atoms with Crippen molar-refractivity contribution in [3.8, 4) is 23.2 Å². The molecule has 8 heteroatoms. The second kappa shape index (κ2) is 7.69. The van der Waals surface area contributed by atoms with Crippen molar-refractivity contribution in [1.82, 2.24) is 19.7 Å². The Morgan fingerprint density at radius 3 is 2.81 bits per heavy atom. The van der Waals surface area contributed by atoms with Gasteiger partial charge >= 0.3 is 0 Å². The molecule has 1 atom stereocenters. The third-order valence-corrected chi connectivity index (χ3v) is 5.25. The lowest BCUT2D eigenvalue weighted by Crippen LogP contribution is -2.06. The molecule has 4 rings (SSSR count). The summed E-state index contributed by atoms with van der Waals surface area (Å²) in [6.07, 6.45) is 1.57. The summed E-state index contributed by atoms with van der Waals surface area (Å²) in [5, 5.41) is 24.7. The van der Waals surface area contributed by atoms with E-state index in [2.05, 4.69) is 26.1 Å². The van der Waals surface area contributed by atoms with Gasteiger partial charge in [-0.25, -0.2) is 9.38 Å². The number of aromatic nitrogens is 4. The van der Waals surface area contributed by atoms with Gasteiger partial charge in [-0.2, -0.15) is 10.4 Å². The molecule has 0 saturated carbocycles. The second-order valence-electron chi connectivity index (χ2n) is 7.49. The van der Waals surface area contributed by atoms with E-state index in [1.165, 1.54) is 6.07 Å². The summed E-state index contributed by atoms with van der Waals surface area (Å²) in [5.74, 6) is 0.0262. The molecular formula is C23H21FN6O. The Morgan fingerprint density at radius 2 is 2.10 bits per heavy atom. The first-order valence-corrected chi connectivity index (χ1v) is 9.77. The number of H-pyrrole nitrogens is 1. The third kappa shape index (κ3) is 3.55. The zero-order valence-electron chi connectivity index (χ0n) is 17.6. The van der Waals surface area contributed by atoms with E-state index in [4.69, 9.17) is 5.26 Å². The summed E-state index contributed by atoms with van der Waals surface area (Å²) < 4.78 is 16.1. The van der Waals surface area contributed by atoms with Crippen LogP contribution in [-0.2, 0) is 0 Å². The molecule has 0 saturated heterocycles. The van der Waals surface area contributed by atoms with Gasteiger partial charge in [0.25, 0.3) is 0 Å². The van der Waals surface area contributed by atoms with Crippen LogP contribution in [0, 0.1) is 31.0 Å². The predicted octanol–water partition coefficient (Wildman–Crippen LogP) is 5.11. The number of aromatic hydroxyl groups is 1. The highest BCUT2D eigenvalue weighted by molar-refractivity contribution is 6.13. The summed E-state index contributed by atoms with van der Waals surface area (Å²) in [5.41, 5.74) is 4.11. The SMILES string of the molecule is CC(=Nc1cc(C)n(C(C)C#N)n1)c1c(O)[nH]c2cnc(-c3c(C)cccc3F)cc12. The lowest BCUT2D eigenvalue weighted by atomic mass is 10.0. The van der Waals surface area contributed by atoms with E-state index in [9.17, 15) is 9.50 Å². The van der Waals surface area contributed by atoms with Gasteiger partial charge in [0.2, 0.25) is 0 Å². The summed E-state index contributed by atoms with van der Waals surface area (Å²) in [7, 11) is 0. The molecule has 1 aromatic carbocycles. The molecule has 0 aliphatic carbocycles. The molecule has 7 nitrogen and oxygen atoms in total. The summed E-state index contributed by atoms with van der Waals surface area (Å²) in [6, 6.07) is 10.1. The summed E-state index contributed by atoms with van der Waals surface area (Å²) in [4.78, 5) is 11.8. The molecule has 0 bridgehead atoms. The van der Waals surface area contributed by atoms with Crippen LogP contribution in [-0.4, -0.2) is 30.6 Å². The average Bonchev–Trinajstić information content (AvgIpc) is 3.25. The van der Waals surface area contributed by atoms with Crippen LogP contribution < -0.4 is 0 Å². The van der Waals surface area contributed by atoms with Crippen molar-refractivity contribution in [1.29, 1.82) is 5.26 Å². The maximum atomic E-state index is 14.5. The van der Waals surface area contributed by atoms with E-state index >= 15 is 0 Å². The highest BCUT2D eigenvalue weighted by Gasteiger charge is 2.18. The molecule has 0 spiro atoms. The standard InChI is InChI=1S/C23H21FN6O/c1-12-6-5-7-17(24)21(12)18-9-16-19(11-26-18)28-23(31)22(16)15(4)27-20-8-13(2)30(29-20)14(3)10-25/h5-9,11,14,28,31H,1-4H3. The van der Waals surface area contributed by atoms with Crippen LogP contribution in [0.15, 0.2) is 41.5 Å². The van der Waals surface area contributed by atoms with Gasteiger partial charge in [-0.1, -0.05) is 12.1 Å². The summed E-state index contributed by atoms with van der Waals surface area (Å²) in [6.45, 7) is 7.20. The van der Waals surface area contributed by atoms with Crippen LogP contribution in [0.4, 0.5) is 10.2 Å². The van der Waals surface area contributed by atoms with Crippen molar-refractivity contribution < 1.29 is 9.50 Å². The minimum absolute atomic E-state index is 0.0537. The maximum absolute atomic E-state index is 14.5. The molecule has 3 heterocycles. The van der Waals surface area contributed by atoms with Crippen LogP contribution in [0.2, 0.25) is 0 Å². The molecule has 1 unspecified atom stereocenters. The number of nitrogens with one attached hydrogen (secondary N) is 1. The van der Waals surface area contributed by atoms with E-state index < -0.39 is 6.04 Å². The van der Waals surface area contributed by atoms with Gasteiger partial charge in [0.15, 0.2) is 11.7 Å². The zero-order valence-corrected chi connectivity index (χ0v) is 17.6. The van der Waals surface area contributed by atoms with Gasteiger partial charge in [0, 0.05) is 22.7 Å². The molecule has 0 aliphatic rings. The Hall–Kier alpha value is -3.99. The van der Waals surface area contributed by atoms with Crippen molar-refractivity contribution in [2.75, 3.05) is 0 Å². The van der Waals surface area contributed by atoms with Crippen molar-refractivity contribution >= 4 is 22.4 Å². The van der Waals surface area contributed by atoms with Crippen LogP contribution >= 0.6 is 0 Å². The number of aromatic amines is 1. The van der Waals surface area contributed by atoms with Gasteiger partial charge in [-0.15, -0.1) is 0 Å². The van der Waals surface area contributed by atoms with E-state index in [0.29, 0.717) is 39.3 Å². The first kappa shape index (κ1) is 20.3. The number of rotatable bonds is 4. The van der Waals surface area contributed by atoms with Gasteiger partial charge < -0.3 is 10.1 Å². The van der Waals surface area contributed by atoms with Crippen LogP contribution in [0.1, 0.15) is 36.7 Å². The molecule has 3 aromatic heterocycles. The van der Waals surface area contributed by atoms with Crippen LogP contribution in [0.5, 0.6) is 5.88 Å². The number of pyridine rings is 1. The Kier molecular flexibility index (Phi) is 5.03. The molecule has 31 heavy (non-hydrogen) atoms. The normalized spacial score (nSPS) is 12.8. The molecular weight excluding hydrogens is 395 g/mol. The highest BCUT2D eigenvalue weighted by Crippen LogP contribution is 2.33. The smallest absolute Gasteiger partial charge is 0.198 e. The first-order chi connectivity index (χ1) is 14.8. The molecule has 0 aliphatic heterocycles. The number of nitrogens with zero attached hydrogens (tertiary/aromatic N) is 5. The zero-order chi connectivity index (χ0) is 22.3. The van der Waals surface area contributed by atoms with Gasteiger partial charge in [-0.05, 0) is 45.4 Å². The summed E-state index contributed by atoms with van der Waals surface area (Å²) >= 11 is 0. The number of aliphatic imine (C=N–C) groups is 1. The van der Waals surface area contributed by atoms with Gasteiger partial charge in [0.05, 0.1) is 34.8 Å². The molecule has 2 N–H and O–H groups in total. The number of hydrogen-bond donors (Lipinski definition) is 2. The third-order valence-electron chi connectivity index (χ3n) is 5.25. The lowest BCUT2D eigenvalue weighted by Gasteiger charge is -2.07. The number of hydrogen-bond acceptors (Lipinski definition) is 5. The van der Waals surface area contributed by atoms with Gasteiger partial charge in [-0.3, -0.25) is 9.67 Å². The fourth-order valence-electron chi connectivity index (χ4n) is 3.74. The fraction of sp³-hybridized carbons (Fsp3) is 0.217. The van der Waals surface area contributed by atoms with Crippen LogP contribution in [0.25, 0.3) is 22.2 Å². The maximum Gasteiger partial charge on any atom is 0.198 e. The molecule has 0 amide bonds. The Morgan fingerprint density at radius 1 is 1.32 bits per heavy atom. The van der Waals surface area contributed by atoms with E-state index in [-0.39, 0.29) is 11.7 Å². The van der Waals surface area contributed by atoms with E-state index in [1.54, 1.807) is 42.9 Å².